The zero-order valence-corrected chi connectivity index (χ0v) is 19.1. The highest BCUT2D eigenvalue weighted by Crippen LogP contribution is 2.31. The van der Waals surface area contributed by atoms with Crippen molar-refractivity contribution in [2.75, 3.05) is 7.11 Å². The molecule has 32 heavy (non-hydrogen) atoms. The van der Waals surface area contributed by atoms with E-state index in [1.165, 1.54) is 16.7 Å². The molecule has 0 saturated heterocycles. The highest BCUT2D eigenvalue weighted by molar-refractivity contribution is 5.74. The highest BCUT2D eigenvalue weighted by atomic mass is 16.5. The Labute approximate surface area is 189 Å². The quantitative estimate of drug-likeness (QED) is 0.372. The van der Waals surface area contributed by atoms with E-state index in [9.17, 15) is 0 Å². The average molecular weight is 428 g/mol. The molecule has 4 rings (SSSR count). The fourth-order valence-corrected chi connectivity index (χ4v) is 3.74. The maximum atomic E-state index is 5.63. The van der Waals surface area contributed by atoms with E-state index in [1.807, 2.05) is 18.2 Å². The summed E-state index contributed by atoms with van der Waals surface area (Å²) in [6.45, 7) is 7.70. The summed E-state index contributed by atoms with van der Waals surface area (Å²) in [4.78, 5) is 4.67. The molecule has 164 valence electrons. The molecule has 0 spiro atoms. The predicted octanol–water partition coefficient (Wildman–Crippen LogP) is 6.02. The molecule has 4 aromatic rings. The van der Waals surface area contributed by atoms with Crippen molar-refractivity contribution in [3.8, 4) is 34.0 Å². The van der Waals surface area contributed by atoms with Crippen LogP contribution in [0.3, 0.4) is 0 Å². The average Bonchev–Trinajstić information content (AvgIpc) is 3.29. The molecule has 0 unspecified atom stereocenters. The lowest BCUT2D eigenvalue weighted by atomic mass is 9.94. The molecule has 3 aromatic carbocycles. The molecule has 0 aliphatic heterocycles. The van der Waals surface area contributed by atoms with E-state index in [4.69, 9.17) is 9.26 Å². The zero-order chi connectivity index (χ0) is 22.5. The number of ether oxygens (including phenoxy) is 1. The normalized spacial score (nSPS) is 11.3. The number of rotatable bonds is 8. The second-order valence-corrected chi connectivity index (χ2v) is 8.28. The molecule has 1 N–H and O–H groups in total. The third-order valence-corrected chi connectivity index (χ3v) is 5.41. The van der Waals surface area contributed by atoms with Crippen LogP contribution in [-0.4, -0.2) is 23.3 Å². The Morgan fingerprint density at radius 2 is 1.78 bits per heavy atom. The summed E-state index contributed by atoms with van der Waals surface area (Å²) in [7, 11) is 1.71. The van der Waals surface area contributed by atoms with Gasteiger partial charge in [0.2, 0.25) is 5.82 Å². The highest BCUT2D eigenvalue weighted by Gasteiger charge is 2.15. The Bertz CT molecular complexity index is 1200. The van der Waals surface area contributed by atoms with Crippen molar-refractivity contribution in [2.45, 2.75) is 40.0 Å². The van der Waals surface area contributed by atoms with Crippen molar-refractivity contribution in [3.63, 3.8) is 0 Å². The number of hydrogen-bond acceptors (Lipinski definition) is 5. The summed E-state index contributed by atoms with van der Waals surface area (Å²) in [5, 5.41) is 7.67. The van der Waals surface area contributed by atoms with Crippen LogP contribution in [0.1, 0.15) is 30.5 Å². The topological polar surface area (TPSA) is 60.2 Å². The van der Waals surface area contributed by atoms with Gasteiger partial charge in [-0.25, -0.2) is 0 Å². The summed E-state index contributed by atoms with van der Waals surface area (Å²) in [6, 6.07) is 23.2. The molecule has 0 atom stereocenters. The van der Waals surface area contributed by atoms with Crippen LogP contribution in [0.25, 0.3) is 34.0 Å². The SMILES string of the molecule is COCc1cc(-c2nc(-c3cccc(CNC(C)C)c3)no2)ccc1-c1ccccc1C. The number of aryl methyl sites for hydroxylation is 1. The van der Waals surface area contributed by atoms with E-state index in [-0.39, 0.29) is 0 Å². The lowest BCUT2D eigenvalue weighted by Crippen LogP contribution is -2.21. The van der Waals surface area contributed by atoms with Crippen molar-refractivity contribution in [3.05, 3.63) is 83.4 Å². The van der Waals surface area contributed by atoms with Crippen molar-refractivity contribution < 1.29 is 9.26 Å². The molecule has 0 saturated carbocycles. The third-order valence-electron chi connectivity index (χ3n) is 5.41. The maximum absolute atomic E-state index is 5.63. The van der Waals surface area contributed by atoms with Crippen LogP contribution in [0.15, 0.2) is 71.3 Å². The van der Waals surface area contributed by atoms with Gasteiger partial charge >= 0.3 is 0 Å². The fourth-order valence-electron chi connectivity index (χ4n) is 3.74. The van der Waals surface area contributed by atoms with E-state index >= 15 is 0 Å². The zero-order valence-electron chi connectivity index (χ0n) is 19.1. The largest absolute Gasteiger partial charge is 0.380 e. The first-order valence-electron chi connectivity index (χ1n) is 10.9. The van der Waals surface area contributed by atoms with E-state index in [0.29, 0.717) is 24.4 Å². The fraction of sp³-hybridized carbons (Fsp3) is 0.259. The van der Waals surface area contributed by atoms with E-state index < -0.39 is 0 Å². The number of benzene rings is 3. The molecule has 0 aliphatic carbocycles. The Balaban J connectivity index is 1.64. The van der Waals surface area contributed by atoms with Gasteiger partial charge in [0.1, 0.15) is 0 Å². The van der Waals surface area contributed by atoms with Gasteiger partial charge in [0, 0.05) is 30.8 Å². The molecule has 5 nitrogen and oxygen atoms in total. The smallest absolute Gasteiger partial charge is 0.258 e. The minimum atomic E-state index is 0.430. The van der Waals surface area contributed by atoms with Gasteiger partial charge in [-0.3, -0.25) is 0 Å². The number of methoxy groups -OCH3 is 1. The molecule has 0 bridgehead atoms. The minimum absolute atomic E-state index is 0.430. The van der Waals surface area contributed by atoms with Crippen LogP contribution in [-0.2, 0) is 17.9 Å². The summed E-state index contributed by atoms with van der Waals surface area (Å²) in [5.41, 5.74) is 7.67. The number of aromatic nitrogens is 2. The second-order valence-electron chi connectivity index (χ2n) is 8.28. The van der Waals surface area contributed by atoms with Crippen molar-refractivity contribution in [2.24, 2.45) is 0 Å². The monoisotopic (exact) mass is 427 g/mol. The first kappa shape index (κ1) is 21.9. The van der Waals surface area contributed by atoms with E-state index in [2.05, 4.69) is 84.8 Å². The molecule has 0 radical (unpaired) electrons. The second kappa shape index (κ2) is 9.90. The van der Waals surface area contributed by atoms with Crippen LogP contribution in [0.4, 0.5) is 0 Å². The van der Waals surface area contributed by atoms with Crippen LogP contribution < -0.4 is 5.32 Å². The molecule has 1 heterocycles. The standard InChI is InChI=1S/C27H29N3O2/c1-18(2)28-16-20-9-7-10-21(14-20)26-29-27(32-30-26)22-12-13-25(23(15-22)17-31-4)24-11-6-5-8-19(24)3/h5-15,18,28H,16-17H2,1-4H3. The minimum Gasteiger partial charge on any atom is -0.380 e. The van der Waals surface area contributed by atoms with E-state index in [0.717, 1.165) is 28.8 Å². The summed E-state index contributed by atoms with van der Waals surface area (Å²) < 4.78 is 11.1. The van der Waals surface area contributed by atoms with Gasteiger partial charge in [0.15, 0.2) is 0 Å². The van der Waals surface area contributed by atoms with Crippen LogP contribution in [0.5, 0.6) is 0 Å². The van der Waals surface area contributed by atoms with E-state index in [1.54, 1.807) is 7.11 Å². The van der Waals surface area contributed by atoms with Gasteiger partial charge in [-0.1, -0.05) is 67.5 Å². The molecule has 0 fully saturated rings. The van der Waals surface area contributed by atoms with Crippen molar-refractivity contribution in [1.82, 2.24) is 15.5 Å². The van der Waals surface area contributed by atoms with Gasteiger partial charge in [-0.05, 0) is 52.9 Å². The summed E-state index contributed by atoms with van der Waals surface area (Å²) >= 11 is 0. The van der Waals surface area contributed by atoms with Gasteiger partial charge in [0.25, 0.3) is 5.89 Å². The Morgan fingerprint density at radius 1 is 0.938 bits per heavy atom. The molecular weight excluding hydrogens is 398 g/mol. The number of hydrogen-bond donors (Lipinski definition) is 1. The molecule has 0 amide bonds. The van der Waals surface area contributed by atoms with Crippen LogP contribution >= 0.6 is 0 Å². The molecule has 5 heteroatoms. The lowest BCUT2D eigenvalue weighted by molar-refractivity contribution is 0.185. The van der Waals surface area contributed by atoms with Gasteiger partial charge < -0.3 is 14.6 Å². The lowest BCUT2D eigenvalue weighted by Gasteiger charge is -2.12. The van der Waals surface area contributed by atoms with Crippen LogP contribution in [0.2, 0.25) is 0 Å². The van der Waals surface area contributed by atoms with Gasteiger partial charge in [-0.15, -0.1) is 0 Å². The predicted molar refractivity (Wildman–Crippen MR) is 128 cm³/mol. The Hall–Kier alpha value is -3.28. The van der Waals surface area contributed by atoms with Crippen molar-refractivity contribution in [1.29, 1.82) is 0 Å². The number of nitrogens with one attached hydrogen (secondary N) is 1. The molecule has 0 aliphatic rings. The summed E-state index contributed by atoms with van der Waals surface area (Å²) in [5.74, 6) is 1.09. The van der Waals surface area contributed by atoms with Crippen LogP contribution in [0, 0.1) is 6.92 Å². The van der Waals surface area contributed by atoms with Gasteiger partial charge in [0.05, 0.1) is 6.61 Å². The Morgan fingerprint density at radius 3 is 2.56 bits per heavy atom. The van der Waals surface area contributed by atoms with Gasteiger partial charge in [-0.2, -0.15) is 4.98 Å². The third kappa shape index (κ3) is 4.96. The molecular formula is C27H29N3O2. The first-order chi connectivity index (χ1) is 15.5. The maximum Gasteiger partial charge on any atom is 0.258 e. The van der Waals surface area contributed by atoms with Crippen molar-refractivity contribution >= 4 is 0 Å². The first-order valence-corrected chi connectivity index (χ1v) is 10.9. The number of nitrogens with zero attached hydrogens (tertiary/aromatic N) is 2. The summed E-state index contributed by atoms with van der Waals surface area (Å²) in [6.07, 6.45) is 0. The molecule has 1 aromatic heterocycles. The Kier molecular flexibility index (Phi) is 6.78.